The van der Waals surface area contributed by atoms with Crippen LogP contribution in [0.3, 0.4) is 0 Å². The third kappa shape index (κ3) is 7.06. The first kappa shape index (κ1) is 22.8. The van der Waals surface area contributed by atoms with Crippen molar-refractivity contribution in [2.75, 3.05) is 5.75 Å². The quantitative estimate of drug-likeness (QED) is 0.496. The number of allylic oxidation sites excluding steroid dienone is 2. The Balaban J connectivity index is 0.000000697. The highest BCUT2D eigenvalue weighted by molar-refractivity contribution is 7.85. The molecule has 0 aromatic carbocycles. The number of nitrogens with one attached hydrogen (secondary N) is 1. The Hall–Kier alpha value is -2.20. The first-order valence-electron chi connectivity index (χ1n) is 7.50. The molecule has 0 radical (unpaired) electrons. The molecule has 1 rings (SSSR count). The fourth-order valence-corrected chi connectivity index (χ4v) is 2.72. The van der Waals surface area contributed by atoms with Crippen LogP contribution in [0.5, 0.6) is 0 Å². The van der Waals surface area contributed by atoms with Crippen molar-refractivity contribution in [3.8, 4) is 0 Å². The number of rotatable bonds is 6. The standard InChI is InChI=1S/C12H15NO5.C3H8O3S/c1-3-9(14)13-12(2)7(10(15)16)5-4-6-8(12)11(17)18;1-2-3-7(4,5)6/h4-7H,3H2,1-2H3,(H,13,14)(H,15,16)(H,17,18);2-3H2,1H3,(H,4,5,6). The van der Waals surface area contributed by atoms with E-state index in [4.69, 9.17) is 14.8 Å². The molecule has 1 aliphatic rings. The summed E-state index contributed by atoms with van der Waals surface area (Å²) in [6.07, 6.45) is 4.67. The fourth-order valence-electron chi connectivity index (χ4n) is 2.20. The van der Waals surface area contributed by atoms with E-state index in [1.807, 2.05) is 0 Å². The van der Waals surface area contributed by atoms with Crippen LogP contribution >= 0.6 is 0 Å². The number of amides is 1. The van der Waals surface area contributed by atoms with Crippen LogP contribution in [0.15, 0.2) is 23.8 Å². The summed E-state index contributed by atoms with van der Waals surface area (Å²) in [6.45, 7) is 4.70. The zero-order valence-electron chi connectivity index (χ0n) is 14.2. The molecule has 0 aromatic rings. The van der Waals surface area contributed by atoms with E-state index in [9.17, 15) is 22.8 Å². The second kappa shape index (κ2) is 9.33. The summed E-state index contributed by atoms with van der Waals surface area (Å²) in [5, 5.41) is 20.7. The Labute approximate surface area is 146 Å². The molecule has 10 heteroatoms. The summed E-state index contributed by atoms with van der Waals surface area (Å²) >= 11 is 0. The molecule has 142 valence electrons. The van der Waals surface area contributed by atoms with Crippen molar-refractivity contribution in [2.45, 2.75) is 39.2 Å². The summed E-state index contributed by atoms with van der Waals surface area (Å²) < 4.78 is 27.6. The number of carboxylic acid groups (broad SMARTS) is 2. The Kier molecular flexibility index (Phi) is 8.51. The molecule has 4 N–H and O–H groups in total. The number of aliphatic carboxylic acids is 2. The lowest BCUT2D eigenvalue weighted by molar-refractivity contribution is -0.143. The van der Waals surface area contributed by atoms with Gasteiger partial charge in [-0.2, -0.15) is 8.42 Å². The first-order valence-corrected chi connectivity index (χ1v) is 9.11. The summed E-state index contributed by atoms with van der Waals surface area (Å²) in [6, 6.07) is 0. The van der Waals surface area contributed by atoms with Crippen molar-refractivity contribution >= 4 is 28.0 Å². The molecule has 2 unspecified atom stereocenters. The monoisotopic (exact) mass is 377 g/mol. The number of hydrogen-bond acceptors (Lipinski definition) is 5. The van der Waals surface area contributed by atoms with Crippen molar-refractivity contribution in [3.05, 3.63) is 23.8 Å². The van der Waals surface area contributed by atoms with Crippen LogP contribution in [0.25, 0.3) is 0 Å². The summed E-state index contributed by atoms with van der Waals surface area (Å²) in [7, 11) is -3.67. The molecule has 0 aliphatic heterocycles. The van der Waals surface area contributed by atoms with Crippen LogP contribution < -0.4 is 5.32 Å². The maximum absolute atomic E-state index is 11.5. The average Bonchev–Trinajstić information content (AvgIpc) is 2.45. The molecule has 25 heavy (non-hydrogen) atoms. The Morgan fingerprint density at radius 3 is 2.12 bits per heavy atom. The van der Waals surface area contributed by atoms with Gasteiger partial charge in [0.25, 0.3) is 10.1 Å². The van der Waals surface area contributed by atoms with Crippen LogP contribution in [0.4, 0.5) is 0 Å². The van der Waals surface area contributed by atoms with E-state index in [-0.39, 0.29) is 17.7 Å². The minimum Gasteiger partial charge on any atom is -0.481 e. The lowest BCUT2D eigenvalue weighted by Gasteiger charge is -2.37. The molecule has 0 heterocycles. The van der Waals surface area contributed by atoms with Crippen molar-refractivity contribution in [2.24, 2.45) is 5.92 Å². The van der Waals surface area contributed by atoms with Crippen LogP contribution in [-0.4, -0.2) is 52.3 Å². The molecule has 0 bridgehead atoms. The van der Waals surface area contributed by atoms with Crippen LogP contribution in [0.1, 0.15) is 33.6 Å². The van der Waals surface area contributed by atoms with Gasteiger partial charge in [0.1, 0.15) is 5.92 Å². The van der Waals surface area contributed by atoms with Gasteiger partial charge in [0.2, 0.25) is 5.91 Å². The minimum atomic E-state index is -3.67. The highest BCUT2D eigenvalue weighted by atomic mass is 32.2. The molecule has 9 nitrogen and oxygen atoms in total. The normalized spacial score (nSPS) is 22.2. The van der Waals surface area contributed by atoms with Gasteiger partial charge >= 0.3 is 11.9 Å². The minimum absolute atomic E-state index is 0.132. The Morgan fingerprint density at radius 1 is 1.24 bits per heavy atom. The van der Waals surface area contributed by atoms with Gasteiger partial charge in [-0.3, -0.25) is 14.1 Å². The van der Waals surface area contributed by atoms with E-state index in [0.29, 0.717) is 6.42 Å². The molecule has 0 aromatic heterocycles. The van der Waals surface area contributed by atoms with Gasteiger partial charge < -0.3 is 15.5 Å². The molecule has 1 aliphatic carbocycles. The number of hydrogen-bond donors (Lipinski definition) is 4. The summed E-state index contributed by atoms with van der Waals surface area (Å²) in [5.74, 6) is -4.07. The Bertz CT molecular complexity index is 680. The smallest absolute Gasteiger partial charge is 0.333 e. The van der Waals surface area contributed by atoms with E-state index < -0.39 is 39.4 Å². The molecule has 0 spiro atoms. The second-order valence-electron chi connectivity index (χ2n) is 5.48. The van der Waals surface area contributed by atoms with Gasteiger partial charge in [-0.25, -0.2) is 4.79 Å². The maximum atomic E-state index is 11.5. The van der Waals surface area contributed by atoms with Gasteiger partial charge in [-0.15, -0.1) is 0 Å². The first-order chi connectivity index (χ1) is 11.4. The SMILES string of the molecule is CCC(=O)NC1(C)C(C(=O)O)=CC=CC1C(=O)O.CCCS(=O)(=O)O. The predicted molar refractivity (Wildman–Crippen MR) is 89.5 cm³/mol. The van der Waals surface area contributed by atoms with E-state index in [1.165, 1.54) is 25.2 Å². The number of carboxylic acids is 2. The van der Waals surface area contributed by atoms with E-state index >= 15 is 0 Å². The average molecular weight is 377 g/mol. The molecule has 1 amide bonds. The highest BCUT2D eigenvalue weighted by Gasteiger charge is 2.45. The number of carbonyl (C=O) groups is 3. The molecular formula is C15H23NO8S. The van der Waals surface area contributed by atoms with Crippen molar-refractivity contribution in [1.82, 2.24) is 5.32 Å². The van der Waals surface area contributed by atoms with Crippen molar-refractivity contribution in [1.29, 1.82) is 0 Å². The van der Waals surface area contributed by atoms with E-state index in [0.717, 1.165) is 0 Å². The third-order valence-corrected chi connectivity index (χ3v) is 4.35. The van der Waals surface area contributed by atoms with E-state index in [1.54, 1.807) is 13.8 Å². The molecule has 0 saturated heterocycles. The van der Waals surface area contributed by atoms with Gasteiger partial charge in [-0.05, 0) is 19.4 Å². The van der Waals surface area contributed by atoms with Crippen LogP contribution in [0, 0.1) is 5.92 Å². The molecular weight excluding hydrogens is 354 g/mol. The maximum Gasteiger partial charge on any atom is 0.333 e. The van der Waals surface area contributed by atoms with Gasteiger partial charge in [0, 0.05) is 6.42 Å². The Morgan fingerprint density at radius 2 is 1.80 bits per heavy atom. The van der Waals surface area contributed by atoms with Crippen molar-refractivity contribution in [3.63, 3.8) is 0 Å². The molecule has 0 saturated carbocycles. The molecule has 0 fully saturated rings. The van der Waals surface area contributed by atoms with Gasteiger partial charge in [0.15, 0.2) is 0 Å². The molecule has 2 atom stereocenters. The van der Waals surface area contributed by atoms with Crippen LogP contribution in [-0.2, 0) is 24.5 Å². The predicted octanol–water partition coefficient (Wildman–Crippen LogP) is 0.837. The topological polar surface area (TPSA) is 158 Å². The highest BCUT2D eigenvalue weighted by Crippen LogP contribution is 2.31. The zero-order chi connectivity index (χ0) is 19.8. The zero-order valence-corrected chi connectivity index (χ0v) is 15.0. The number of carbonyl (C=O) groups excluding carboxylic acids is 1. The summed E-state index contributed by atoms with van der Waals surface area (Å²) in [4.78, 5) is 33.8. The largest absolute Gasteiger partial charge is 0.481 e. The fraction of sp³-hybridized carbons (Fsp3) is 0.533. The lowest BCUT2D eigenvalue weighted by atomic mass is 9.75. The summed E-state index contributed by atoms with van der Waals surface area (Å²) in [5.41, 5.74) is -1.58. The van der Waals surface area contributed by atoms with Gasteiger partial charge in [-0.1, -0.05) is 26.0 Å². The second-order valence-corrected chi connectivity index (χ2v) is 7.05. The lowest BCUT2D eigenvalue weighted by Crippen LogP contribution is -2.56. The van der Waals surface area contributed by atoms with Crippen molar-refractivity contribution < 1.29 is 37.6 Å². The third-order valence-electron chi connectivity index (χ3n) is 3.43. The van der Waals surface area contributed by atoms with Gasteiger partial charge in [0.05, 0.1) is 16.9 Å². The van der Waals surface area contributed by atoms with E-state index in [2.05, 4.69) is 5.32 Å². The van der Waals surface area contributed by atoms with Crippen LogP contribution in [0.2, 0.25) is 0 Å².